The van der Waals surface area contributed by atoms with Crippen LogP contribution in [0.5, 0.6) is 0 Å². The number of nitrogens with one attached hydrogen (secondary N) is 2. The third kappa shape index (κ3) is 3.81. The molecule has 18 heavy (non-hydrogen) atoms. The highest BCUT2D eigenvalue weighted by Gasteiger charge is 2.21. The molecule has 0 fully saturated rings. The van der Waals surface area contributed by atoms with Gasteiger partial charge in [-0.2, -0.15) is 0 Å². The van der Waals surface area contributed by atoms with Gasteiger partial charge in [0.1, 0.15) is 0 Å². The van der Waals surface area contributed by atoms with Gasteiger partial charge in [-0.3, -0.25) is 0 Å². The first-order chi connectivity index (χ1) is 8.52. The van der Waals surface area contributed by atoms with Crippen LogP contribution in [0.15, 0.2) is 17.2 Å². The van der Waals surface area contributed by atoms with E-state index < -0.39 is 10.0 Å². The zero-order chi connectivity index (χ0) is 13.6. The van der Waals surface area contributed by atoms with E-state index in [-0.39, 0.29) is 0 Å². The van der Waals surface area contributed by atoms with Gasteiger partial charge in [-0.15, -0.1) is 0 Å². The van der Waals surface area contributed by atoms with Crippen molar-refractivity contribution in [2.75, 3.05) is 34.4 Å². The minimum atomic E-state index is -3.40. The van der Waals surface area contributed by atoms with Crippen LogP contribution < -0.4 is 5.32 Å². The molecule has 0 aliphatic rings. The van der Waals surface area contributed by atoms with Crippen molar-refractivity contribution < 1.29 is 13.2 Å². The molecule has 0 bridgehead atoms. The molecular weight excluding hydrogens is 254 g/mol. The second-order valence-electron chi connectivity index (χ2n) is 4.06. The highest BCUT2D eigenvalue weighted by Crippen LogP contribution is 2.15. The second kappa shape index (κ2) is 6.89. The molecule has 0 radical (unpaired) electrons. The molecule has 0 amide bonds. The molecule has 0 saturated heterocycles. The molecule has 0 aliphatic heterocycles. The zero-order valence-electron chi connectivity index (χ0n) is 11.1. The van der Waals surface area contributed by atoms with E-state index in [1.165, 1.54) is 10.5 Å². The lowest BCUT2D eigenvalue weighted by molar-refractivity contribution is 0.189. The van der Waals surface area contributed by atoms with Gasteiger partial charge in [-0.25, -0.2) is 12.7 Å². The predicted molar refractivity (Wildman–Crippen MR) is 69.9 cm³/mol. The van der Waals surface area contributed by atoms with Gasteiger partial charge in [0.25, 0.3) is 0 Å². The number of aromatic nitrogens is 1. The normalized spacial score (nSPS) is 12.2. The van der Waals surface area contributed by atoms with Crippen LogP contribution >= 0.6 is 0 Å². The Labute approximate surface area is 108 Å². The van der Waals surface area contributed by atoms with Crippen LogP contribution in [-0.4, -0.2) is 52.1 Å². The summed E-state index contributed by atoms with van der Waals surface area (Å²) in [6.07, 6.45) is 2.20. The van der Waals surface area contributed by atoms with Gasteiger partial charge < -0.3 is 15.0 Å². The Morgan fingerprint density at radius 2 is 2.22 bits per heavy atom. The van der Waals surface area contributed by atoms with Gasteiger partial charge in [0, 0.05) is 45.7 Å². The van der Waals surface area contributed by atoms with E-state index in [1.54, 1.807) is 20.2 Å². The highest BCUT2D eigenvalue weighted by molar-refractivity contribution is 7.89. The third-order valence-corrected chi connectivity index (χ3v) is 4.45. The largest absolute Gasteiger partial charge is 0.385 e. The van der Waals surface area contributed by atoms with Crippen LogP contribution in [0.25, 0.3) is 0 Å². The number of methoxy groups -OCH3 is 1. The maximum atomic E-state index is 12.2. The van der Waals surface area contributed by atoms with Crippen molar-refractivity contribution in [3.05, 3.63) is 18.0 Å². The van der Waals surface area contributed by atoms with Crippen molar-refractivity contribution in [1.29, 1.82) is 0 Å². The van der Waals surface area contributed by atoms with Crippen molar-refractivity contribution in [3.63, 3.8) is 0 Å². The van der Waals surface area contributed by atoms with Crippen LogP contribution in [0, 0.1) is 0 Å². The number of sulfonamides is 1. The minimum absolute atomic E-state index is 0.299. The van der Waals surface area contributed by atoms with Crippen molar-refractivity contribution in [2.24, 2.45) is 0 Å². The summed E-state index contributed by atoms with van der Waals surface area (Å²) in [5.41, 5.74) is 0.848. The fourth-order valence-corrected chi connectivity index (χ4v) is 2.82. The van der Waals surface area contributed by atoms with Gasteiger partial charge in [-0.05, 0) is 19.5 Å². The molecule has 1 heterocycles. The molecule has 0 saturated carbocycles. The molecular formula is C11H21N3O3S. The summed E-state index contributed by atoms with van der Waals surface area (Å²) in [7, 11) is 1.59. The van der Waals surface area contributed by atoms with Crippen LogP contribution in [0.2, 0.25) is 0 Å². The quantitative estimate of drug-likeness (QED) is 0.673. The Morgan fingerprint density at radius 1 is 1.50 bits per heavy atom. The SMILES string of the molecule is CNCc1cc(S(=O)(=O)N(C)CCCOC)c[nH]1. The average molecular weight is 275 g/mol. The second-order valence-corrected chi connectivity index (χ2v) is 6.11. The summed E-state index contributed by atoms with van der Waals surface area (Å²) in [4.78, 5) is 3.24. The molecule has 6 nitrogen and oxygen atoms in total. The van der Waals surface area contributed by atoms with Crippen molar-refractivity contribution in [3.8, 4) is 0 Å². The maximum Gasteiger partial charge on any atom is 0.244 e. The van der Waals surface area contributed by atoms with Gasteiger partial charge >= 0.3 is 0 Å². The summed E-state index contributed by atoms with van der Waals surface area (Å²) >= 11 is 0. The first-order valence-corrected chi connectivity index (χ1v) is 7.23. The smallest absolute Gasteiger partial charge is 0.244 e. The maximum absolute atomic E-state index is 12.2. The van der Waals surface area contributed by atoms with Crippen LogP contribution in [0.3, 0.4) is 0 Å². The summed E-state index contributed by atoms with van der Waals surface area (Å²) in [6, 6.07) is 1.65. The molecule has 0 atom stereocenters. The van der Waals surface area contributed by atoms with Gasteiger partial charge in [0.2, 0.25) is 10.0 Å². The zero-order valence-corrected chi connectivity index (χ0v) is 11.9. The molecule has 0 aromatic carbocycles. The molecule has 0 spiro atoms. The number of hydrogen-bond donors (Lipinski definition) is 2. The Bertz CT molecular complexity index is 456. The number of aromatic amines is 1. The topological polar surface area (TPSA) is 74.4 Å². The predicted octanol–water partition coefficient (Wildman–Crippen LogP) is 0.391. The number of rotatable bonds is 8. The summed E-state index contributed by atoms with van der Waals surface area (Å²) in [6.45, 7) is 1.61. The van der Waals surface area contributed by atoms with Crippen LogP contribution in [-0.2, 0) is 21.3 Å². The van der Waals surface area contributed by atoms with Gasteiger partial charge in [0.15, 0.2) is 0 Å². The first-order valence-electron chi connectivity index (χ1n) is 5.79. The minimum Gasteiger partial charge on any atom is -0.385 e. The van der Waals surface area contributed by atoms with E-state index in [0.29, 0.717) is 31.0 Å². The molecule has 0 aliphatic carbocycles. The fourth-order valence-electron chi connectivity index (χ4n) is 1.59. The van der Waals surface area contributed by atoms with Crippen molar-refractivity contribution in [1.82, 2.24) is 14.6 Å². The Kier molecular flexibility index (Phi) is 5.80. The molecule has 0 unspecified atom stereocenters. The Balaban J connectivity index is 2.71. The highest BCUT2D eigenvalue weighted by atomic mass is 32.2. The lowest BCUT2D eigenvalue weighted by atomic mass is 10.4. The Morgan fingerprint density at radius 3 is 2.83 bits per heavy atom. The molecule has 1 aromatic rings. The third-order valence-electron chi connectivity index (χ3n) is 2.61. The lowest BCUT2D eigenvalue weighted by Gasteiger charge is -2.15. The van der Waals surface area contributed by atoms with E-state index in [1.807, 2.05) is 7.05 Å². The van der Waals surface area contributed by atoms with Gasteiger partial charge in [0.05, 0.1) is 4.90 Å². The van der Waals surface area contributed by atoms with Crippen LogP contribution in [0.1, 0.15) is 12.1 Å². The van der Waals surface area contributed by atoms with E-state index in [0.717, 1.165) is 5.69 Å². The standard InChI is InChI=1S/C11H21N3O3S/c1-12-8-10-7-11(9-13-10)18(15,16)14(2)5-4-6-17-3/h7,9,12-13H,4-6,8H2,1-3H3. The van der Waals surface area contributed by atoms with E-state index >= 15 is 0 Å². The number of nitrogens with zero attached hydrogens (tertiary/aromatic N) is 1. The van der Waals surface area contributed by atoms with Crippen molar-refractivity contribution >= 4 is 10.0 Å². The molecule has 104 valence electrons. The molecule has 1 rings (SSSR count). The summed E-state index contributed by atoms with van der Waals surface area (Å²) in [5, 5.41) is 2.96. The van der Waals surface area contributed by atoms with Crippen molar-refractivity contribution in [2.45, 2.75) is 17.9 Å². The fraction of sp³-hybridized carbons (Fsp3) is 0.636. The summed E-state index contributed by atoms with van der Waals surface area (Å²) < 4.78 is 30.6. The first kappa shape index (κ1) is 15.2. The average Bonchev–Trinajstić information content (AvgIpc) is 2.79. The van der Waals surface area contributed by atoms with Crippen LogP contribution in [0.4, 0.5) is 0 Å². The van der Waals surface area contributed by atoms with E-state index in [9.17, 15) is 8.42 Å². The number of hydrogen-bond acceptors (Lipinski definition) is 4. The summed E-state index contributed by atoms with van der Waals surface area (Å²) in [5.74, 6) is 0. The monoisotopic (exact) mass is 275 g/mol. The Hall–Kier alpha value is -0.890. The molecule has 1 aromatic heterocycles. The van der Waals surface area contributed by atoms with E-state index in [2.05, 4.69) is 10.3 Å². The number of H-pyrrole nitrogens is 1. The lowest BCUT2D eigenvalue weighted by Crippen LogP contribution is -2.28. The number of ether oxygens (including phenoxy) is 1. The molecule has 2 N–H and O–H groups in total. The van der Waals surface area contributed by atoms with Gasteiger partial charge in [-0.1, -0.05) is 0 Å². The van der Waals surface area contributed by atoms with E-state index in [4.69, 9.17) is 4.74 Å². The molecule has 7 heteroatoms.